The lowest BCUT2D eigenvalue weighted by molar-refractivity contribution is 0.0609. The number of hydrogen-bond acceptors (Lipinski definition) is 3. The molecule has 2 rings (SSSR count). The number of hydrogen-bond donors (Lipinski definition) is 1. The van der Waals surface area contributed by atoms with Crippen molar-refractivity contribution in [2.75, 3.05) is 20.1 Å². The van der Waals surface area contributed by atoms with E-state index >= 15 is 0 Å². The Balaban J connectivity index is 2.12. The van der Waals surface area contributed by atoms with Gasteiger partial charge < -0.3 is 10.2 Å². The second kappa shape index (κ2) is 5.91. The highest BCUT2D eigenvalue weighted by molar-refractivity contribution is 5.92. The largest absolute Gasteiger partial charge is 0.333 e. The van der Waals surface area contributed by atoms with Gasteiger partial charge in [0.15, 0.2) is 0 Å². The van der Waals surface area contributed by atoms with Crippen LogP contribution in [0.2, 0.25) is 0 Å². The molecule has 0 saturated carbocycles. The third-order valence-corrected chi connectivity index (χ3v) is 3.27. The SMILES string of the molecule is CNCC1CCCCN1C(=O)c1ccc(F)cn1. The lowest BCUT2D eigenvalue weighted by atomic mass is 10.0. The fourth-order valence-corrected chi connectivity index (χ4v) is 2.37. The van der Waals surface area contributed by atoms with E-state index in [4.69, 9.17) is 0 Å². The van der Waals surface area contributed by atoms with Gasteiger partial charge in [0.1, 0.15) is 11.5 Å². The normalized spacial score (nSPS) is 19.9. The van der Waals surface area contributed by atoms with Crippen molar-refractivity contribution >= 4 is 5.91 Å². The second-order valence-corrected chi connectivity index (χ2v) is 4.57. The van der Waals surface area contributed by atoms with E-state index in [0.717, 1.165) is 38.5 Å². The number of likely N-dealkylation sites (N-methyl/N-ethyl adjacent to an activating group) is 1. The van der Waals surface area contributed by atoms with Gasteiger partial charge in [-0.05, 0) is 38.4 Å². The molecule has 4 nitrogen and oxygen atoms in total. The van der Waals surface area contributed by atoms with E-state index in [9.17, 15) is 9.18 Å². The predicted molar refractivity (Wildman–Crippen MR) is 66.8 cm³/mol. The molecule has 0 aliphatic carbocycles. The number of rotatable bonds is 3. The van der Waals surface area contributed by atoms with Gasteiger partial charge in [-0.1, -0.05) is 0 Å². The zero-order chi connectivity index (χ0) is 13.0. The summed E-state index contributed by atoms with van der Waals surface area (Å²) in [5.41, 5.74) is 0.319. The molecule has 5 heteroatoms. The first-order valence-electron chi connectivity index (χ1n) is 6.29. The summed E-state index contributed by atoms with van der Waals surface area (Å²) in [7, 11) is 1.88. The van der Waals surface area contributed by atoms with Crippen molar-refractivity contribution in [1.82, 2.24) is 15.2 Å². The number of amides is 1. The highest BCUT2D eigenvalue weighted by Gasteiger charge is 2.27. The molecule has 1 unspecified atom stereocenters. The van der Waals surface area contributed by atoms with Gasteiger partial charge in [-0.3, -0.25) is 4.79 Å². The Hall–Kier alpha value is -1.49. The van der Waals surface area contributed by atoms with E-state index in [1.54, 1.807) is 0 Å². The van der Waals surface area contributed by atoms with Crippen molar-refractivity contribution in [1.29, 1.82) is 0 Å². The summed E-state index contributed by atoms with van der Waals surface area (Å²) in [6.45, 7) is 1.54. The maximum Gasteiger partial charge on any atom is 0.272 e. The summed E-state index contributed by atoms with van der Waals surface area (Å²) < 4.78 is 12.8. The zero-order valence-electron chi connectivity index (χ0n) is 10.5. The molecule has 0 aromatic carbocycles. The summed E-state index contributed by atoms with van der Waals surface area (Å²) in [4.78, 5) is 18.0. The Kier molecular flexibility index (Phi) is 4.25. The van der Waals surface area contributed by atoms with Gasteiger partial charge in [-0.25, -0.2) is 9.37 Å². The minimum Gasteiger partial charge on any atom is -0.333 e. The van der Waals surface area contributed by atoms with Crippen LogP contribution in [0.25, 0.3) is 0 Å². The van der Waals surface area contributed by atoms with Crippen LogP contribution in [0, 0.1) is 5.82 Å². The number of carbonyl (C=O) groups is 1. The molecule has 1 amide bonds. The van der Waals surface area contributed by atoms with Crippen LogP contribution < -0.4 is 5.32 Å². The smallest absolute Gasteiger partial charge is 0.272 e. The van der Waals surface area contributed by atoms with E-state index in [1.165, 1.54) is 12.1 Å². The fourth-order valence-electron chi connectivity index (χ4n) is 2.37. The van der Waals surface area contributed by atoms with Crippen molar-refractivity contribution in [3.8, 4) is 0 Å². The Morgan fingerprint density at radius 3 is 3.06 bits per heavy atom. The number of carbonyl (C=O) groups excluding carboxylic acids is 1. The van der Waals surface area contributed by atoms with Crippen molar-refractivity contribution in [2.24, 2.45) is 0 Å². The topological polar surface area (TPSA) is 45.2 Å². The van der Waals surface area contributed by atoms with Crippen LogP contribution in [-0.4, -0.2) is 42.0 Å². The molecule has 1 saturated heterocycles. The molecule has 2 heterocycles. The second-order valence-electron chi connectivity index (χ2n) is 4.57. The van der Waals surface area contributed by atoms with Crippen LogP contribution in [0.5, 0.6) is 0 Å². The number of likely N-dealkylation sites (tertiary alicyclic amines) is 1. The molecule has 1 aliphatic heterocycles. The van der Waals surface area contributed by atoms with Gasteiger partial charge in [-0.2, -0.15) is 0 Å². The van der Waals surface area contributed by atoms with E-state index in [0.29, 0.717) is 5.69 Å². The van der Waals surface area contributed by atoms with Crippen LogP contribution in [0.1, 0.15) is 29.8 Å². The lowest BCUT2D eigenvalue weighted by Gasteiger charge is -2.35. The molecule has 1 aromatic heterocycles. The molecule has 0 spiro atoms. The van der Waals surface area contributed by atoms with E-state index in [1.807, 2.05) is 11.9 Å². The quantitative estimate of drug-likeness (QED) is 0.884. The standard InChI is InChI=1S/C13H18FN3O/c1-15-9-11-4-2-3-7-17(11)13(18)12-6-5-10(14)8-16-12/h5-6,8,11,15H,2-4,7,9H2,1H3. The molecule has 1 atom stereocenters. The van der Waals surface area contributed by atoms with Gasteiger partial charge >= 0.3 is 0 Å². The first-order valence-corrected chi connectivity index (χ1v) is 6.29. The molecule has 1 aliphatic rings. The van der Waals surface area contributed by atoms with Gasteiger partial charge in [0.05, 0.1) is 6.20 Å². The van der Waals surface area contributed by atoms with E-state index in [2.05, 4.69) is 10.3 Å². The molecule has 1 N–H and O–H groups in total. The first kappa shape index (κ1) is 13.0. The number of piperidine rings is 1. The minimum atomic E-state index is -0.419. The number of halogens is 1. The molecule has 1 fully saturated rings. The molecular weight excluding hydrogens is 233 g/mol. The summed E-state index contributed by atoms with van der Waals surface area (Å²) in [6, 6.07) is 2.93. The predicted octanol–water partition coefficient (Wildman–Crippen LogP) is 1.43. The third kappa shape index (κ3) is 2.85. The van der Waals surface area contributed by atoms with Crippen molar-refractivity contribution in [2.45, 2.75) is 25.3 Å². The molecule has 18 heavy (non-hydrogen) atoms. The lowest BCUT2D eigenvalue weighted by Crippen LogP contribution is -2.48. The maximum absolute atomic E-state index is 12.8. The van der Waals surface area contributed by atoms with E-state index in [-0.39, 0.29) is 11.9 Å². The van der Waals surface area contributed by atoms with Crippen molar-refractivity contribution < 1.29 is 9.18 Å². The van der Waals surface area contributed by atoms with Crippen LogP contribution in [-0.2, 0) is 0 Å². The van der Waals surface area contributed by atoms with Crippen molar-refractivity contribution in [3.63, 3.8) is 0 Å². The number of nitrogens with zero attached hydrogens (tertiary/aromatic N) is 2. The van der Waals surface area contributed by atoms with Crippen molar-refractivity contribution in [3.05, 3.63) is 29.8 Å². The number of nitrogens with one attached hydrogen (secondary N) is 1. The van der Waals surface area contributed by atoms with Gasteiger partial charge in [0.2, 0.25) is 0 Å². The third-order valence-electron chi connectivity index (χ3n) is 3.27. The summed E-state index contributed by atoms with van der Waals surface area (Å²) in [6.07, 6.45) is 4.26. The maximum atomic E-state index is 12.8. The molecule has 1 aromatic rings. The average Bonchev–Trinajstić information content (AvgIpc) is 2.40. The van der Waals surface area contributed by atoms with E-state index < -0.39 is 5.82 Å². The first-order chi connectivity index (χ1) is 8.72. The Morgan fingerprint density at radius 1 is 1.56 bits per heavy atom. The number of aromatic nitrogens is 1. The van der Waals surface area contributed by atoms with Crippen LogP contribution >= 0.6 is 0 Å². The fraction of sp³-hybridized carbons (Fsp3) is 0.538. The molecule has 0 radical (unpaired) electrons. The van der Waals surface area contributed by atoms with Crippen LogP contribution in [0.15, 0.2) is 18.3 Å². The summed E-state index contributed by atoms with van der Waals surface area (Å²) in [5, 5.41) is 3.11. The zero-order valence-corrected chi connectivity index (χ0v) is 10.5. The average molecular weight is 251 g/mol. The highest BCUT2D eigenvalue weighted by Crippen LogP contribution is 2.18. The van der Waals surface area contributed by atoms with Crippen LogP contribution in [0.3, 0.4) is 0 Å². The monoisotopic (exact) mass is 251 g/mol. The Bertz CT molecular complexity index is 405. The summed E-state index contributed by atoms with van der Waals surface area (Å²) in [5.74, 6) is -0.521. The highest BCUT2D eigenvalue weighted by atomic mass is 19.1. The molecule has 98 valence electrons. The molecular formula is C13H18FN3O. The molecule has 0 bridgehead atoms. The van der Waals surface area contributed by atoms with Gasteiger partial charge in [0.25, 0.3) is 5.91 Å². The summed E-state index contributed by atoms with van der Waals surface area (Å²) >= 11 is 0. The minimum absolute atomic E-state index is 0.102. The van der Waals surface area contributed by atoms with Gasteiger partial charge in [-0.15, -0.1) is 0 Å². The number of pyridine rings is 1. The Morgan fingerprint density at radius 2 is 2.39 bits per heavy atom. The Labute approximate surface area is 106 Å². The van der Waals surface area contributed by atoms with Gasteiger partial charge in [0, 0.05) is 19.1 Å². The van der Waals surface area contributed by atoms with Crippen LogP contribution in [0.4, 0.5) is 4.39 Å².